The normalized spacial score (nSPS) is 17.6. The maximum absolute atomic E-state index is 13.6. The zero-order valence-electron chi connectivity index (χ0n) is 19.6. The summed E-state index contributed by atoms with van der Waals surface area (Å²) >= 11 is 1.68. The van der Waals surface area contributed by atoms with Gasteiger partial charge < -0.3 is 19.7 Å². The third-order valence-electron chi connectivity index (χ3n) is 5.69. The largest absolute Gasteiger partial charge is 0.497 e. The van der Waals surface area contributed by atoms with Gasteiger partial charge in [0, 0.05) is 42.2 Å². The molecule has 8 heteroatoms. The van der Waals surface area contributed by atoms with Crippen molar-refractivity contribution in [2.45, 2.75) is 50.4 Å². The van der Waals surface area contributed by atoms with E-state index in [0.29, 0.717) is 35.8 Å². The highest BCUT2D eigenvalue weighted by Gasteiger charge is 2.41. The van der Waals surface area contributed by atoms with Gasteiger partial charge in [0.15, 0.2) is 0 Å². The minimum atomic E-state index is -0.518. The Hall–Kier alpha value is -2.74. The number of methoxy groups -OCH3 is 2. The van der Waals surface area contributed by atoms with E-state index in [4.69, 9.17) is 9.47 Å². The summed E-state index contributed by atoms with van der Waals surface area (Å²) in [6, 6.07) is 10.4. The van der Waals surface area contributed by atoms with E-state index in [1.54, 1.807) is 55.3 Å². The molecule has 2 aromatic rings. The van der Waals surface area contributed by atoms with Gasteiger partial charge in [-0.15, -0.1) is 11.8 Å². The van der Waals surface area contributed by atoms with Crippen LogP contribution in [0.2, 0.25) is 0 Å². The molecule has 2 heterocycles. The summed E-state index contributed by atoms with van der Waals surface area (Å²) in [6.07, 6.45) is 6.49. The molecule has 0 aliphatic carbocycles. The quantitative estimate of drug-likeness (QED) is 0.501. The van der Waals surface area contributed by atoms with E-state index in [2.05, 4.69) is 17.2 Å². The van der Waals surface area contributed by atoms with Gasteiger partial charge in [0.05, 0.1) is 19.6 Å². The van der Waals surface area contributed by atoms with E-state index >= 15 is 0 Å². The standard InChI is InChI=1S/C25H33N3O4S/c1-4-5-6-10-23-28(25(30)18-14-20(31-2)16-21(15-18)32-3)22(17-33-23)24(29)27-13-11-19-9-7-8-12-26-19/h7-9,12,14-16,22-23H,4-6,10-11,13,17H2,1-3H3,(H,27,29). The first-order valence-electron chi connectivity index (χ1n) is 11.4. The number of nitrogens with zero attached hydrogens (tertiary/aromatic N) is 2. The van der Waals surface area contributed by atoms with Crippen LogP contribution in [0.1, 0.15) is 48.7 Å². The van der Waals surface area contributed by atoms with E-state index in [1.165, 1.54) is 0 Å². The highest BCUT2D eigenvalue weighted by molar-refractivity contribution is 8.00. The molecule has 0 radical (unpaired) electrons. The molecule has 2 amide bonds. The smallest absolute Gasteiger partial charge is 0.255 e. The van der Waals surface area contributed by atoms with Crippen molar-refractivity contribution in [3.05, 3.63) is 53.9 Å². The molecule has 0 saturated carbocycles. The molecule has 2 atom stereocenters. The Labute approximate surface area is 200 Å². The first-order chi connectivity index (χ1) is 16.1. The molecule has 2 unspecified atom stereocenters. The number of hydrogen-bond acceptors (Lipinski definition) is 6. The lowest BCUT2D eigenvalue weighted by Crippen LogP contribution is -2.50. The Morgan fingerprint density at radius 1 is 1.15 bits per heavy atom. The van der Waals surface area contributed by atoms with Gasteiger partial charge in [-0.25, -0.2) is 0 Å². The zero-order valence-corrected chi connectivity index (χ0v) is 20.4. The Morgan fingerprint density at radius 2 is 1.91 bits per heavy atom. The van der Waals surface area contributed by atoms with Gasteiger partial charge in [-0.05, 0) is 30.7 Å². The molecular weight excluding hydrogens is 438 g/mol. The molecule has 7 nitrogen and oxygen atoms in total. The third kappa shape index (κ3) is 6.63. The molecule has 1 saturated heterocycles. The van der Waals surface area contributed by atoms with Crippen molar-refractivity contribution in [1.82, 2.24) is 15.2 Å². The van der Waals surface area contributed by atoms with Crippen molar-refractivity contribution >= 4 is 23.6 Å². The zero-order chi connectivity index (χ0) is 23.6. The monoisotopic (exact) mass is 471 g/mol. The minimum absolute atomic E-state index is 0.0345. The van der Waals surface area contributed by atoms with Gasteiger partial charge in [0.2, 0.25) is 5.91 Å². The number of carbonyl (C=O) groups excluding carboxylic acids is 2. The second-order valence-electron chi connectivity index (χ2n) is 7.98. The molecule has 1 aromatic heterocycles. The number of pyridine rings is 1. The maximum atomic E-state index is 13.6. The van der Waals surface area contributed by atoms with Crippen LogP contribution in [0.3, 0.4) is 0 Å². The number of ether oxygens (including phenoxy) is 2. The predicted molar refractivity (Wildman–Crippen MR) is 131 cm³/mol. The average Bonchev–Trinajstić information content (AvgIpc) is 3.27. The SMILES string of the molecule is CCCCCC1SCC(C(=O)NCCc2ccccn2)N1C(=O)c1cc(OC)cc(OC)c1. The first-order valence-corrected chi connectivity index (χ1v) is 12.5. The van der Waals surface area contributed by atoms with E-state index in [-0.39, 0.29) is 17.2 Å². The minimum Gasteiger partial charge on any atom is -0.497 e. The number of thioether (sulfide) groups is 1. The fourth-order valence-corrected chi connectivity index (χ4v) is 5.34. The van der Waals surface area contributed by atoms with Crippen molar-refractivity contribution in [2.75, 3.05) is 26.5 Å². The molecule has 3 rings (SSSR count). The van der Waals surface area contributed by atoms with Gasteiger partial charge >= 0.3 is 0 Å². The van der Waals surface area contributed by atoms with Crippen LogP contribution in [0.4, 0.5) is 0 Å². The van der Waals surface area contributed by atoms with Crippen LogP contribution in [0.25, 0.3) is 0 Å². The molecule has 1 N–H and O–H groups in total. The summed E-state index contributed by atoms with van der Waals surface area (Å²) in [5.74, 6) is 1.37. The summed E-state index contributed by atoms with van der Waals surface area (Å²) in [5, 5.41) is 2.97. The molecule has 1 aromatic carbocycles. The van der Waals surface area contributed by atoms with E-state index < -0.39 is 6.04 Å². The van der Waals surface area contributed by atoms with E-state index in [1.807, 2.05) is 18.2 Å². The van der Waals surface area contributed by atoms with E-state index in [0.717, 1.165) is 31.4 Å². The molecule has 0 spiro atoms. The van der Waals surface area contributed by atoms with Crippen molar-refractivity contribution in [2.24, 2.45) is 0 Å². The molecule has 33 heavy (non-hydrogen) atoms. The number of aromatic nitrogens is 1. The van der Waals surface area contributed by atoms with Crippen molar-refractivity contribution in [1.29, 1.82) is 0 Å². The highest BCUT2D eigenvalue weighted by Crippen LogP contribution is 2.35. The van der Waals surface area contributed by atoms with Crippen LogP contribution in [-0.4, -0.2) is 59.6 Å². The van der Waals surface area contributed by atoms with Gasteiger partial charge in [-0.3, -0.25) is 14.6 Å². The molecule has 0 bridgehead atoms. The Bertz CT molecular complexity index is 903. The highest BCUT2D eigenvalue weighted by atomic mass is 32.2. The summed E-state index contributed by atoms with van der Waals surface area (Å²) in [4.78, 5) is 32.8. The number of nitrogens with one attached hydrogen (secondary N) is 1. The van der Waals surface area contributed by atoms with Gasteiger partial charge in [-0.2, -0.15) is 0 Å². The Morgan fingerprint density at radius 3 is 2.55 bits per heavy atom. The van der Waals surface area contributed by atoms with Crippen molar-refractivity contribution < 1.29 is 19.1 Å². The number of hydrogen-bond donors (Lipinski definition) is 1. The fraction of sp³-hybridized carbons (Fsp3) is 0.480. The molecular formula is C25H33N3O4S. The number of carbonyl (C=O) groups is 2. The topological polar surface area (TPSA) is 80.8 Å². The van der Waals surface area contributed by atoms with E-state index in [9.17, 15) is 9.59 Å². The maximum Gasteiger partial charge on any atom is 0.255 e. The lowest BCUT2D eigenvalue weighted by atomic mass is 10.1. The molecule has 178 valence electrons. The summed E-state index contributed by atoms with van der Waals surface area (Å²) in [7, 11) is 3.11. The Balaban J connectivity index is 1.76. The number of unbranched alkanes of at least 4 members (excludes halogenated alkanes) is 2. The van der Waals surface area contributed by atoms with Crippen molar-refractivity contribution in [3.8, 4) is 11.5 Å². The Kier molecular flexibility index (Phi) is 9.42. The molecule has 1 aliphatic rings. The lowest BCUT2D eigenvalue weighted by molar-refractivity contribution is -0.124. The van der Waals surface area contributed by atoms with Crippen LogP contribution in [0.15, 0.2) is 42.6 Å². The number of benzene rings is 1. The second-order valence-corrected chi connectivity index (χ2v) is 9.19. The van der Waals surface area contributed by atoms with Crippen LogP contribution >= 0.6 is 11.8 Å². The fourth-order valence-electron chi connectivity index (χ4n) is 3.89. The van der Waals surface area contributed by atoms with Gasteiger partial charge in [-0.1, -0.05) is 32.3 Å². The van der Waals surface area contributed by atoms with Crippen molar-refractivity contribution in [3.63, 3.8) is 0 Å². The van der Waals surface area contributed by atoms with Gasteiger partial charge in [0.1, 0.15) is 17.5 Å². The molecule has 1 aliphatic heterocycles. The summed E-state index contributed by atoms with van der Waals surface area (Å²) in [5.41, 5.74) is 1.38. The number of amides is 2. The van der Waals surface area contributed by atoms with Crippen LogP contribution in [-0.2, 0) is 11.2 Å². The lowest BCUT2D eigenvalue weighted by Gasteiger charge is -2.29. The van der Waals surface area contributed by atoms with Crippen LogP contribution in [0.5, 0.6) is 11.5 Å². The first kappa shape index (κ1) is 24.9. The second kappa shape index (κ2) is 12.5. The third-order valence-corrected chi connectivity index (χ3v) is 7.05. The van der Waals surface area contributed by atoms with Crippen LogP contribution in [0, 0.1) is 0 Å². The number of rotatable bonds is 11. The summed E-state index contributed by atoms with van der Waals surface area (Å²) in [6.45, 7) is 2.64. The molecule has 1 fully saturated rings. The summed E-state index contributed by atoms with van der Waals surface area (Å²) < 4.78 is 10.7. The predicted octanol–water partition coefficient (Wildman–Crippen LogP) is 3.92. The van der Waals surface area contributed by atoms with Gasteiger partial charge in [0.25, 0.3) is 5.91 Å². The van der Waals surface area contributed by atoms with Crippen LogP contribution < -0.4 is 14.8 Å². The average molecular weight is 472 g/mol.